The van der Waals surface area contributed by atoms with Crippen LogP contribution in [0.1, 0.15) is 41.3 Å². The molecule has 4 aromatic rings. The first kappa shape index (κ1) is 33.1. The van der Waals surface area contributed by atoms with E-state index in [0.717, 1.165) is 11.1 Å². The summed E-state index contributed by atoms with van der Waals surface area (Å²) in [6, 6.07) is 29.2. The molecule has 6 unspecified atom stereocenters. The molecule has 1 N–H and O–H groups in total. The van der Waals surface area contributed by atoms with E-state index in [4.69, 9.17) is 4.74 Å². The van der Waals surface area contributed by atoms with Crippen molar-refractivity contribution in [1.29, 1.82) is 0 Å². The van der Waals surface area contributed by atoms with Crippen LogP contribution >= 0.6 is 0 Å². The van der Waals surface area contributed by atoms with Crippen LogP contribution in [0.25, 0.3) is 6.08 Å². The van der Waals surface area contributed by atoms with Gasteiger partial charge in [-0.3, -0.25) is 28.9 Å². The van der Waals surface area contributed by atoms with Gasteiger partial charge in [-0.05, 0) is 79.8 Å². The van der Waals surface area contributed by atoms with E-state index in [1.54, 1.807) is 84.9 Å². The number of rotatable bonds is 7. The van der Waals surface area contributed by atoms with Gasteiger partial charge in [0.05, 0.1) is 41.7 Å². The first-order valence-corrected chi connectivity index (χ1v) is 17.4. The molecule has 52 heavy (non-hydrogen) atoms. The highest BCUT2D eigenvalue weighted by atomic mass is 16.5. The lowest BCUT2D eigenvalue weighted by Gasteiger charge is -2.47. The normalized spacial score (nSPS) is 26.7. The number of allylic oxidation sites excluding steroid dienone is 3. The van der Waals surface area contributed by atoms with Crippen molar-refractivity contribution >= 4 is 46.9 Å². The summed E-state index contributed by atoms with van der Waals surface area (Å²) in [5.41, 5.74) is 2.27. The summed E-state index contributed by atoms with van der Waals surface area (Å²) in [5, 5.41) is 10.2. The van der Waals surface area contributed by atoms with Crippen LogP contribution in [-0.4, -0.2) is 41.6 Å². The fourth-order valence-electron chi connectivity index (χ4n) is 8.82. The fraction of sp³-hybridized carbons (Fsp3) is 0.233. The van der Waals surface area contributed by atoms with Gasteiger partial charge in [0, 0.05) is 17.0 Å². The molecule has 4 aromatic carbocycles. The number of ether oxygens (including phenoxy) is 1. The third-order valence-electron chi connectivity index (χ3n) is 11.5. The molecule has 2 aliphatic carbocycles. The van der Waals surface area contributed by atoms with Crippen LogP contribution in [0.15, 0.2) is 121 Å². The number of phenolic OH excluding ortho intramolecular Hbond substituents is 1. The predicted molar refractivity (Wildman–Crippen MR) is 194 cm³/mol. The van der Waals surface area contributed by atoms with Gasteiger partial charge in [-0.25, -0.2) is 4.90 Å². The maximum Gasteiger partial charge on any atom is 0.241 e. The van der Waals surface area contributed by atoms with Gasteiger partial charge < -0.3 is 9.84 Å². The van der Waals surface area contributed by atoms with Crippen molar-refractivity contribution in [2.75, 3.05) is 16.9 Å². The molecule has 4 aliphatic rings. The standard InChI is InChI=1S/C43H36N2O7/c1-43-33(21-13-25-14-22-35(46)36(23-25)52-2)30-19-20-31-37(32(30)24-34(43)40(49)45(42(43)51)28-11-7-4-8-12-28)41(50)44(39(31)48)29-17-15-27(16-18-29)38(47)26-9-5-3-6-10-26/h3-19,21-23,31-34,37,46H,20,24H2,1-2H3. The number of hydrogen-bond donors (Lipinski definition) is 1. The van der Waals surface area contributed by atoms with E-state index >= 15 is 0 Å². The highest BCUT2D eigenvalue weighted by molar-refractivity contribution is 6.25. The number of amides is 4. The van der Waals surface area contributed by atoms with Crippen LogP contribution < -0.4 is 14.5 Å². The molecule has 9 heteroatoms. The summed E-state index contributed by atoms with van der Waals surface area (Å²) in [5.74, 6) is -4.30. The van der Waals surface area contributed by atoms with Gasteiger partial charge in [0.15, 0.2) is 17.3 Å². The number of nitrogens with zero attached hydrogens (tertiary/aromatic N) is 2. The summed E-state index contributed by atoms with van der Waals surface area (Å²) in [6.45, 7) is 1.84. The number of aromatic hydroxyl groups is 1. The monoisotopic (exact) mass is 692 g/mol. The van der Waals surface area contributed by atoms with Gasteiger partial charge in [-0.2, -0.15) is 0 Å². The quantitative estimate of drug-likeness (QED) is 0.131. The van der Waals surface area contributed by atoms with Crippen LogP contribution in [0.5, 0.6) is 11.5 Å². The highest BCUT2D eigenvalue weighted by Gasteiger charge is 2.67. The highest BCUT2D eigenvalue weighted by Crippen LogP contribution is 2.61. The SMILES string of the molecule is COc1cc(C=CC2C3=CCC4C(=O)N(c5ccc(C(=O)c6ccccc6)cc5)C(=O)C4C3CC3C(=O)N(c4ccccc4)C(=O)C23C)ccc1O. The Hall–Kier alpha value is -6.09. The number of ketones is 1. The van der Waals surface area contributed by atoms with Crippen molar-refractivity contribution in [3.63, 3.8) is 0 Å². The molecule has 0 radical (unpaired) electrons. The summed E-state index contributed by atoms with van der Waals surface area (Å²) in [7, 11) is 1.46. The number of phenols is 1. The minimum absolute atomic E-state index is 0.00749. The number of imide groups is 2. The average molecular weight is 693 g/mol. The van der Waals surface area contributed by atoms with Crippen LogP contribution in [0.2, 0.25) is 0 Å². The Balaban J connectivity index is 1.16. The zero-order chi connectivity index (χ0) is 36.3. The Bertz CT molecular complexity index is 2190. The van der Waals surface area contributed by atoms with Gasteiger partial charge in [-0.15, -0.1) is 0 Å². The number of fused-ring (bicyclic) bond motifs is 4. The number of carbonyl (C=O) groups excluding carboxylic acids is 5. The third-order valence-corrected chi connectivity index (χ3v) is 11.5. The number of methoxy groups -OCH3 is 1. The Morgan fingerprint density at radius 2 is 1.44 bits per heavy atom. The second-order valence-electron chi connectivity index (χ2n) is 14.1. The topological polar surface area (TPSA) is 121 Å². The van der Waals surface area contributed by atoms with E-state index in [9.17, 15) is 29.1 Å². The van der Waals surface area contributed by atoms with Crippen molar-refractivity contribution in [2.24, 2.45) is 35.0 Å². The van der Waals surface area contributed by atoms with Crippen LogP contribution in [0, 0.1) is 35.0 Å². The minimum Gasteiger partial charge on any atom is -0.504 e. The lowest BCUT2D eigenvalue weighted by molar-refractivity contribution is -0.132. The van der Waals surface area contributed by atoms with E-state index in [-0.39, 0.29) is 41.6 Å². The van der Waals surface area contributed by atoms with Crippen LogP contribution in [-0.2, 0) is 19.2 Å². The number of carbonyl (C=O) groups is 5. The lowest BCUT2D eigenvalue weighted by Crippen LogP contribution is -2.49. The van der Waals surface area contributed by atoms with E-state index in [1.165, 1.54) is 23.0 Å². The maximum absolute atomic E-state index is 14.5. The van der Waals surface area contributed by atoms with E-state index in [2.05, 4.69) is 0 Å². The largest absolute Gasteiger partial charge is 0.504 e. The number of para-hydroxylation sites is 1. The maximum atomic E-state index is 14.5. The Labute approximate surface area is 300 Å². The van der Waals surface area contributed by atoms with E-state index in [1.807, 2.05) is 37.3 Å². The molecule has 3 fully saturated rings. The third kappa shape index (κ3) is 5.02. The molecule has 4 amide bonds. The first-order valence-electron chi connectivity index (χ1n) is 17.4. The van der Waals surface area contributed by atoms with Crippen LogP contribution in [0.3, 0.4) is 0 Å². The molecule has 2 heterocycles. The molecule has 260 valence electrons. The molecule has 2 saturated heterocycles. The number of benzene rings is 4. The molecule has 0 spiro atoms. The Kier molecular flexibility index (Phi) is 8.01. The molecule has 0 bridgehead atoms. The lowest BCUT2D eigenvalue weighted by atomic mass is 9.52. The zero-order valence-corrected chi connectivity index (χ0v) is 28.6. The number of hydrogen-bond acceptors (Lipinski definition) is 7. The molecule has 6 atom stereocenters. The summed E-state index contributed by atoms with van der Waals surface area (Å²) < 4.78 is 5.31. The molecule has 2 aliphatic heterocycles. The van der Waals surface area contributed by atoms with Gasteiger partial charge in [-0.1, -0.05) is 78.4 Å². The summed E-state index contributed by atoms with van der Waals surface area (Å²) >= 11 is 0. The Morgan fingerprint density at radius 3 is 2.13 bits per heavy atom. The van der Waals surface area contributed by atoms with Crippen molar-refractivity contribution in [3.05, 3.63) is 138 Å². The van der Waals surface area contributed by atoms with Crippen molar-refractivity contribution in [2.45, 2.75) is 19.8 Å². The van der Waals surface area contributed by atoms with Gasteiger partial charge >= 0.3 is 0 Å². The van der Waals surface area contributed by atoms with Crippen LogP contribution in [0.4, 0.5) is 11.4 Å². The molecular formula is C43H36N2O7. The zero-order valence-electron chi connectivity index (χ0n) is 28.6. The van der Waals surface area contributed by atoms with Crippen molar-refractivity contribution < 1.29 is 33.8 Å². The van der Waals surface area contributed by atoms with Gasteiger partial charge in [0.1, 0.15) is 0 Å². The molecule has 8 rings (SSSR count). The second kappa shape index (κ2) is 12.6. The Morgan fingerprint density at radius 1 is 0.788 bits per heavy atom. The summed E-state index contributed by atoms with van der Waals surface area (Å²) in [4.78, 5) is 72.8. The minimum atomic E-state index is -1.16. The molecule has 0 aromatic heterocycles. The van der Waals surface area contributed by atoms with Gasteiger partial charge in [0.2, 0.25) is 23.6 Å². The fourth-order valence-corrected chi connectivity index (χ4v) is 8.82. The predicted octanol–water partition coefficient (Wildman–Crippen LogP) is 6.61. The molecular weight excluding hydrogens is 656 g/mol. The van der Waals surface area contributed by atoms with Gasteiger partial charge in [0.25, 0.3) is 0 Å². The molecule has 1 saturated carbocycles. The van der Waals surface area contributed by atoms with E-state index < -0.39 is 35.0 Å². The number of anilines is 2. The second-order valence-corrected chi connectivity index (χ2v) is 14.1. The van der Waals surface area contributed by atoms with Crippen molar-refractivity contribution in [3.8, 4) is 11.5 Å². The van der Waals surface area contributed by atoms with E-state index in [0.29, 0.717) is 34.7 Å². The average Bonchev–Trinajstić information content (AvgIpc) is 3.54. The summed E-state index contributed by atoms with van der Waals surface area (Å²) in [6.07, 6.45) is 6.31. The van der Waals surface area contributed by atoms with Crippen molar-refractivity contribution in [1.82, 2.24) is 0 Å². The smallest absolute Gasteiger partial charge is 0.241 e. The first-order chi connectivity index (χ1) is 25.1. The molecule has 9 nitrogen and oxygen atoms in total.